The van der Waals surface area contributed by atoms with E-state index in [1.54, 1.807) is 4.90 Å². The van der Waals surface area contributed by atoms with Crippen molar-refractivity contribution in [3.05, 3.63) is 41.4 Å². The standard InChI is InChI=1S/C25H31F3N4O3S/c1-2-3-5-18-8-10-19(11-9-18)23-30-22(17-29)24(35-23)31-12-14-32(15-13-31)36(33,34)21-7-4-6-20(16-21)25(26,27)28/h4,6-7,16,18-19H,2-3,5,8-15H2,1H3. The molecule has 11 heteroatoms. The highest BCUT2D eigenvalue weighted by atomic mass is 32.2. The van der Waals surface area contributed by atoms with E-state index in [-0.39, 0.29) is 42.7 Å². The van der Waals surface area contributed by atoms with Crippen LogP contribution in [0, 0.1) is 17.2 Å². The second kappa shape index (κ2) is 10.8. The molecule has 4 rings (SSSR count). The Morgan fingerprint density at radius 1 is 1.14 bits per heavy atom. The zero-order valence-electron chi connectivity index (χ0n) is 20.3. The molecule has 0 bridgehead atoms. The highest BCUT2D eigenvalue weighted by molar-refractivity contribution is 7.89. The third kappa shape index (κ3) is 5.70. The molecule has 0 N–H and O–H groups in total. The molecule has 1 saturated heterocycles. The van der Waals surface area contributed by atoms with Gasteiger partial charge in [0.15, 0.2) is 0 Å². The number of hydrogen-bond acceptors (Lipinski definition) is 6. The molecule has 0 radical (unpaired) electrons. The van der Waals surface area contributed by atoms with Gasteiger partial charge in [0.25, 0.3) is 0 Å². The van der Waals surface area contributed by atoms with E-state index >= 15 is 0 Å². The average Bonchev–Trinajstić information content (AvgIpc) is 3.32. The molecule has 2 heterocycles. The molecule has 196 valence electrons. The lowest BCUT2D eigenvalue weighted by molar-refractivity contribution is -0.137. The van der Waals surface area contributed by atoms with E-state index < -0.39 is 21.8 Å². The number of aromatic nitrogens is 1. The highest BCUT2D eigenvalue weighted by Gasteiger charge is 2.35. The van der Waals surface area contributed by atoms with E-state index in [4.69, 9.17) is 4.42 Å². The van der Waals surface area contributed by atoms with Gasteiger partial charge >= 0.3 is 6.18 Å². The van der Waals surface area contributed by atoms with Gasteiger partial charge < -0.3 is 9.32 Å². The van der Waals surface area contributed by atoms with Gasteiger partial charge in [-0.2, -0.15) is 22.7 Å². The van der Waals surface area contributed by atoms with Gasteiger partial charge in [-0.1, -0.05) is 32.3 Å². The van der Waals surface area contributed by atoms with Crippen LogP contribution in [0.5, 0.6) is 0 Å². The van der Waals surface area contributed by atoms with Crippen LogP contribution in [0.25, 0.3) is 0 Å². The van der Waals surface area contributed by atoms with Gasteiger partial charge in [0, 0.05) is 32.1 Å². The molecule has 2 aromatic rings. The first-order chi connectivity index (χ1) is 17.1. The highest BCUT2D eigenvalue weighted by Crippen LogP contribution is 2.39. The number of nitrogens with zero attached hydrogens (tertiary/aromatic N) is 4. The number of oxazole rings is 1. The van der Waals surface area contributed by atoms with Crippen molar-refractivity contribution in [3.63, 3.8) is 0 Å². The first kappa shape index (κ1) is 26.5. The van der Waals surface area contributed by atoms with Crippen LogP contribution in [0.1, 0.15) is 74.9 Å². The molecule has 1 aliphatic carbocycles. The zero-order chi connectivity index (χ0) is 25.9. The second-order valence-electron chi connectivity index (χ2n) is 9.59. The lowest BCUT2D eigenvalue weighted by Gasteiger charge is -2.33. The van der Waals surface area contributed by atoms with Crippen molar-refractivity contribution in [1.29, 1.82) is 5.26 Å². The predicted molar refractivity (Wildman–Crippen MR) is 128 cm³/mol. The molecule has 0 unspecified atom stereocenters. The van der Waals surface area contributed by atoms with Gasteiger partial charge in [0.05, 0.1) is 10.5 Å². The molecule has 2 aliphatic rings. The van der Waals surface area contributed by atoms with Crippen LogP contribution < -0.4 is 4.90 Å². The fourth-order valence-corrected chi connectivity index (χ4v) is 6.56. The fraction of sp³-hybridized carbons (Fsp3) is 0.600. The van der Waals surface area contributed by atoms with Crippen molar-refractivity contribution in [2.75, 3.05) is 31.1 Å². The lowest BCUT2D eigenvalue weighted by Crippen LogP contribution is -2.48. The number of halogens is 3. The molecule has 1 aromatic heterocycles. The zero-order valence-corrected chi connectivity index (χ0v) is 21.1. The normalized spacial score (nSPS) is 21.9. The van der Waals surface area contributed by atoms with E-state index in [0.29, 0.717) is 17.8 Å². The van der Waals surface area contributed by atoms with Crippen LogP contribution in [-0.2, 0) is 16.2 Å². The number of rotatable bonds is 7. The van der Waals surface area contributed by atoms with Crippen molar-refractivity contribution in [1.82, 2.24) is 9.29 Å². The monoisotopic (exact) mass is 524 g/mol. The summed E-state index contributed by atoms with van der Waals surface area (Å²) in [7, 11) is -4.09. The summed E-state index contributed by atoms with van der Waals surface area (Å²) in [6.45, 7) is 2.80. The summed E-state index contributed by atoms with van der Waals surface area (Å²) in [5, 5.41) is 9.62. The molecule has 0 amide bonds. The molecule has 0 atom stereocenters. The quantitative estimate of drug-likeness (QED) is 0.472. The van der Waals surface area contributed by atoms with Gasteiger partial charge in [-0.15, -0.1) is 0 Å². The molecule has 0 spiro atoms. The summed E-state index contributed by atoms with van der Waals surface area (Å²) in [4.78, 5) is 5.86. The van der Waals surface area contributed by atoms with E-state index in [2.05, 4.69) is 18.0 Å². The van der Waals surface area contributed by atoms with Gasteiger partial charge in [-0.25, -0.2) is 13.4 Å². The molecule has 1 saturated carbocycles. The Morgan fingerprint density at radius 3 is 2.44 bits per heavy atom. The van der Waals surface area contributed by atoms with Crippen molar-refractivity contribution in [3.8, 4) is 6.07 Å². The molecule has 36 heavy (non-hydrogen) atoms. The number of sulfonamides is 1. The van der Waals surface area contributed by atoms with Gasteiger partial charge in [-0.05, 0) is 49.8 Å². The minimum Gasteiger partial charge on any atom is -0.423 e. The van der Waals surface area contributed by atoms with Crippen molar-refractivity contribution < 1.29 is 26.0 Å². The van der Waals surface area contributed by atoms with Crippen molar-refractivity contribution in [2.24, 2.45) is 5.92 Å². The number of benzene rings is 1. The smallest absolute Gasteiger partial charge is 0.416 e. The van der Waals surface area contributed by atoms with Crippen molar-refractivity contribution >= 4 is 15.9 Å². The Hall–Kier alpha value is -2.58. The maximum absolute atomic E-state index is 13.1. The maximum atomic E-state index is 13.1. The largest absolute Gasteiger partial charge is 0.423 e. The SMILES string of the molecule is CCCCC1CCC(c2nc(C#N)c(N3CCN(S(=O)(=O)c4cccc(C(F)(F)F)c4)CC3)o2)CC1. The third-order valence-electron chi connectivity index (χ3n) is 7.22. The Balaban J connectivity index is 1.42. The lowest BCUT2D eigenvalue weighted by atomic mass is 9.80. The van der Waals surface area contributed by atoms with E-state index in [0.717, 1.165) is 43.7 Å². The first-order valence-corrected chi connectivity index (χ1v) is 13.9. The number of hydrogen-bond donors (Lipinski definition) is 0. The van der Waals surface area contributed by atoms with Crippen LogP contribution in [0.4, 0.5) is 19.1 Å². The number of nitriles is 1. The number of anilines is 1. The third-order valence-corrected chi connectivity index (χ3v) is 9.11. The van der Waals surface area contributed by atoms with Crippen molar-refractivity contribution in [2.45, 2.75) is 68.9 Å². The summed E-state index contributed by atoms with van der Waals surface area (Å²) in [6, 6.07) is 5.87. The van der Waals surface area contributed by atoms with Crippen LogP contribution in [0.2, 0.25) is 0 Å². The van der Waals surface area contributed by atoms with Gasteiger partial charge in [0.2, 0.25) is 27.5 Å². The van der Waals surface area contributed by atoms with Gasteiger partial charge in [0.1, 0.15) is 6.07 Å². The summed E-state index contributed by atoms with van der Waals surface area (Å²) in [5.74, 6) is 1.82. The summed E-state index contributed by atoms with van der Waals surface area (Å²) >= 11 is 0. The van der Waals surface area contributed by atoms with Gasteiger partial charge in [-0.3, -0.25) is 0 Å². The minimum atomic E-state index is -4.63. The number of unbranched alkanes of at least 4 members (excludes halogenated alkanes) is 1. The minimum absolute atomic E-state index is 0.0576. The Morgan fingerprint density at radius 2 is 1.83 bits per heavy atom. The summed E-state index contributed by atoms with van der Waals surface area (Å²) < 4.78 is 72.4. The number of alkyl halides is 3. The molecular formula is C25H31F3N4O3S. The Labute approximate surface area is 209 Å². The maximum Gasteiger partial charge on any atom is 0.416 e. The van der Waals surface area contributed by atoms with Crippen LogP contribution >= 0.6 is 0 Å². The molecule has 1 aromatic carbocycles. The molecular weight excluding hydrogens is 493 g/mol. The molecule has 2 fully saturated rings. The Bertz CT molecular complexity index is 1190. The summed E-state index contributed by atoms with van der Waals surface area (Å²) in [6.07, 6.45) is 3.25. The first-order valence-electron chi connectivity index (χ1n) is 12.5. The predicted octanol–water partition coefficient (Wildman–Crippen LogP) is 5.54. The Kier molecular flexibility index (Phi) is 7.95. The average molecular weight is 525 g/mol. The van der Waals surface area contributed by atoms with Crippen LogP contribution in [0.3, 0.4) is 0 Å². The number of piperazine rings is 1. The molecule has 1 aliphatic heterocycles. The summed E-state index contributed by atoms with van der Waals surface area (Å²) in [5.41, 5.74) is -0.818. The fourth-order valence-electron chi connectivity index (χ4n) is 5.09. The van der Waals surface area contributed by atoms with E-state index in [1.807, 2.05) is 0 Å². The van der Waals surface area contributed by atoms with E-state index in [1.165, 1.54) is 29.6 Å². The van der Waals surface area contributed by atoms with Crippen LogP contribution in [0.15, 0.2) is 33.6 Å². The molecule has 7 nitrogen and oxygen atoms in total. The topological polar surface area (TPSA) is 90.4 Å². The van der Waals surface area contributed by atoms with E-state index in [9.17, 15) is 26.9 Å². The second-order valence-corrected chi connectivity index (χ2v) is 11.5. The van der Waals surface area contributed by atoms with Crippen LogP contribution in [-0.4, -0.2) is 43.9 Å².